The molecule has 0 fully saturated rings. The second-order valence-electron chi connectivity index (χ2n) is 3.94. The van der Waals surface area contributed by atoms with Gasteiger partial charge in [0.1, 0.15) is 5.82 Å². The first-order chi connectivity index (χ1) is 8.76. The molecule has 4 heteroatoms. The monoisotopic (exact) mass is 345 g/mol. The lowest BCUT2D eigenvalue weighted by Crippen LogP contribution is -1.80. The lowest BCUT2D eigenvalue weighted by atomic mass is 10.2. The Morgan fingerprint density at radius 2 is 2.06 bits per heavy atom. The van der Waals surface area contributed by atoms with Gasteiger partial charge in [-0.15, -0.1) is 0 Å². The van der Waals surface area contributed by atoms with Crippen LogP contribution in [0.3, 0.4) is 0 Å². The number of hydrogen-bond donors (Lipinski definition) is 1. The number of nitrogens with zero attached hydrogens (tertiary/aromatic N) is 2. The van der Waals surface area contributed by atoms with E-state index in [2.05, 4.69) is 44.7 Å². The van der Waals surface area contributed by atoms with Crippen LogP contribution in [-0.4, -0.2) is 9.97 Å². The van der Waals surface area contributed by atoms with E-state index in [0.717, 1.165) is 22.4 Å². The quantitative estimate of drug-likeness (QED) is 0.684. The molecule has 1 aromatic heterocycles. The molecule has 2 aromatic carbocycles. The van der Waals surface area contributed by atoms with Crippen LogP contribution in [0.1, 0.15) is 5.56 Å². The summed E-state index contributed by atoms with van der Waals surface area (Å²) in [5.41, 5.74) is 3.46. The summed E-state index contributed by atoms with van der Waals surface area (Å²) in [5, 5.41) is 8.87. The Morgan fingerprint density at radius 3 is 2.83 bits per heavy atom. The Hall–Kier alpha value is -1.87. The van der Waals surface area contributed by atoms with Gasteiger partial charge in [0.2, 0.25) is 0 Å². The molecular weight excluding hydrogens is 337 g/mol. The molecule has 1 N–H and O–H groups in total. The topological polar surface area (TPSA) is 52.5 Å². The van der Waals surface area contributed by atoms with Crippen LogP contribution < -0.4 is 0 Å². The molecule has 86 valence electrons. The van der Waals surface area contributed by atoms with Crippen molar-refractivity contribution in [2.75, 3.05) is 0 Å². The van der Waals surface area contributed by atoms with Gasteiger partial charge in [0.25, 0.3) is 0 Å². The summed E-state index contributed by atoms with van der Waals surface area (Å²) in [4.78, 5) is 7.78. The highest BCUT2D eigenvalue weighted by molar-refractivity contribution is 14.1. The highest BCUT2D eigenvalue weighted by atomic mass is 127. The van der Waals surface area contributed by atoms with Crippen molar-refractivity contribution in [1.82, 2.24) is 9.97 Å². The van der Waals surface area contributed by atoms with Crippen molar-refractivity contribution < 1.29 is 0 Å². The van der Waals surface area contributed by atoms with Crippen molar-refractivity contribution in [1.29, 1.82) is 5.26 Å². The van der Waals surface area contributed by atoms with Gasteiger partial charge in [-0.05, 0) is 52.9 Å². The molecule has 0 saturated carbocycles. The summed E-state index contributed by atoms with van der Waals surface area (Å²) in [6.45, 7) is 0. The lowest BCUT2D eigenvalue weighted by molar-refractivity contribution is 1.33. The Morgan fingerprint density at radius 1 is 1.17 bits per heavy atom. The van der Waals surface area contributed by atoms with Gasteiger partial charge in [-0.25, -0.2) is 4.98 Å². The molecule has 0 atom stereocenters. The molecule has 3 rings (SSSR count). The van der Waals surface area contributed by atoms with E-state index in [1.165, 1.54) is 3.57 Å². The average Bonchev–Trinajstić information content (AvgIpc) is 2.81. The van der Waals surface area contributed by atoms with Crippen LogP contribution in [0.2, 0.25) is 0 Å². The number of fused-ring (bicyclic) bond motifs is 1. The molecule has 0 unspecified atom stereocenters. The third-order valence-electron chi connectivity index (χ3n) is 2.71. The molecule has 0 aliphatic carbocycles. The van der Waals surface area contributed by atoms with E-state index < -0.39 is 0 Å². The highest BCUT2D eigenvalue weighted by Crippen LogP contribution is 2.22. The Labute approximate surface area is 118 Å². The van der Waals surface area contributed by atoms with Gasteiger partial charge in [-0.3, -0.25) is 0 Å². The van der Waals surface area contributed by atoms with E-state index >= 15 is 0 Å². The van der Waals surface area contributed by atoms with Crippen molar-refractivity contribution in [3.8, 4) is 17.5 Å². The summed E-state index contributed by atoms with van der Waals surface area (Å²) in [6, 6.07) is 15.7. The first kappa shape index (κ1) is 11.2. The van der Waals surface area contributed by atoms with Crippen molar-refractivity contribution in [2.24, 2.45) is 0 Å². The second kappa shape index (κ2) is 4.42. The third-order valence-corrected chi connectivity index (χ3v) is 3.38. The molecule has 0 aliphatic rings. The summed E-state index contributed by atoms with van der Waals surface area (Å²) in [7, 11) is 0. The van der Waals surface area contributed by atoms with Crippen LogP contribution in [0.15, 0.2) is 42.5 Å². The van der Waals surface area contributed by atoms with Crippen molar-refractivity contribution in [3.63, 3.8) is 0 Å². The summed E-state index contributed by atoms with van der Waals surface area (Å²) < 4.78 is 1.17. The lowest BCUT2D eigenvalue weighted by Gasteiger charge is -1.96. The van der Waals surface area contributed by atoms with Crippen LogP contribution >= 0.6 is 22.6 Å². The Bertz CT molecular complexity index is 768. The molecule has 1 heterocycles. The maximum Gasteiger partial charge on any atom is 0.138 e. The SMILES string of the molecule is N#Cc1ccc2nc(-c3cccc(I)c3)[nH]c2c1. The maximum absolute atomic E-state index is 8.87. The summed E-state index contributed by atoms with van der Waals surface area (Å²) >= 11 is 2.28. The number of rotatable bonds is 1. The molecule has 3 aromatic rings. The van der Waals surface area contributed by atoms with Crippen LogP contribution in [0, 0.1) is 14.9 Å². The number of benzene rings is 2. The van der Waals surface area contributed by atoms with E-state index in [0.29, 0.717) is 5.56 Å². The summed E-state index contributed by atoms with van der Waals surface area (Å²) in [6.07, 6.45) is 0. The molecule has 0 aliphatic heterocycles. The first-order valence-corrected chi connectivity index (χ1v) is 6.50. The van der Waals surface area contributed by atoms with Gasteiger partial charge in [0, 0.05) is 9.13 Å². The van der Waals surface area contributed by atoms with E-state index in [9.17, 15) is 0 Å². The fourth-order valence-electron chi connectivity index (χ4n) is 1.85. The van der Waals surface area contributed by atoms with Crippen molar-refractivity contribution in [3.05, 3.63) is 51.6 Å². The molecule has 0 amide bonds. The fourth-order valence-corrected chi connectivity index (χ4v) is 2.39. The van der Waals surface area contributed by atoms with Crippen LogP contribution in [0.4, 0.5) is 0 Å². The summed E-state index contributed by atoms with van der Waals surface area (Å²) in [5.74, 6) is 0.832. The number of imidazole rings is 1. The normalized spacial score (nSPS) is 10.4. The van der Waals surface area contributed by atoms with Crippen LogP contribution in [0.5, 0.6) is 0 Å². The van der Waals surface area contributed by atoms with Crippen molar-refractivity contribution in [2.45, 2.75) is 0 Å². The number of nitriles is 1. The van der Waals surface area contributed by atoms with Gasteiger partial charge < -0.3 is 4.98 Å². The predicted molar refractivity (Wildman–Crippen MR) is 79.0 cm³/mol. The minimum atomic E-state index is 0.639. The van der Waals surface area contributed by atoms with E-state index in [-0.39, 0.29) is 0 Å². The Kier molecular flexibility index (Phi) is 2.76. The van der Waals surface area contributed by atoms with E-state index in [1.807, 2.05) is 30.3 Å². The molecular formula is C14H8IN3. The third kappa shape index (κ3) is 1.97. The van der Waals surface area contributed by atoms with E-state index in [4.69, 9.17) is 5.26 Å². The maximum atomic E-state index is 8.87. The Balaban J connectivity index is 2.17. The molecule has 0 bridgehead atoms. The fraction of sp³-hybridized carbons (Fsp3) is 0. The standard InChI is InChI=1S/C14H8IN3/c15-11-3-1-2-10(7-11)14-17-12-5-4-9(8-16)6-13(12)18-14/h1-7H,(H,17,18). The van der Waals surface area contributed by atoms with Crippen LogP contribution in [-0.2, 0) is 0 Å². The molecule has 0 saturated heterocycles. The number of aromatic amines is 1. The number of aromatic nitrogens is 2. The average molecular weight is 345 g/mol. The number of hydrogen-bond acceptors (Lipinski definition) is 2. The number of nitrogens with one attached hydrogen (secondary N) is 1. The molecule has 0 spiro atoms. The molecule has 0 radical (unpaired) electrons. The van der Waals surface area contributed by atoms with Crippen LogP contribution in [0.25, 0.3) is 22.4 Å². The molecule has 3 nitrogen and oxygen atoms in total. The van der Waals surface area contributed by atoms with E-state index in [1.54, 1.807) is 6.07 Å². The second-order valence-corrected chi connectivity index (χ2v) is 5.19. The molecule has 18 heavy (non-hydrogen) atoms. The minimum absolute atomic E-state index is 0.639. The zero-order chi connectivity index (χ0) is 12.5. The van der Waals surface area contributed by atoms with Gasteiger partial charge in [0.15, 0.2) is 0 Å². The predicted octanol–water partition coefficient (Wildman–Crippen LogP) is 3.71. The minimum Gasteiger partial charge on any atom is -0.338 e. The van der Waals surface area contributed by atoms with Gasteiger partial charge in [-0.1, -0.05) is 12.1 Å². The first-order valence-electron chi connectivity index (χ1n) is 5.42. The number of halogens is 1. The van der Waals surface area contributed by atoms with Gasteiger partial charge >= 0.3 is 0 Å². The highest BCUT2D eigenvalue weighted by Gasteiger charge is 2.06. The zero-order valence-electron chi connectivity index (χ0n) is 9.31. The van der Waals surface area contributed by atoms with Gasteiger partial charge in [-0.2, -0.15) is 5.26 Å². The largest absolute Gasteiger partial charge is 0.338 e. The smallest absolute Gasteiger partial charge is 0.138 e. The van der Waals surface area contributed by atoms with Crippen molar-refractivity contribution >= 4 is 33.6 Å². The van der Waals surface area contributed by atoms with Gasteiger partial charge in [0.05, 0.1) is 22.7 Å². The zero-order valence-corrected chi connectivity index (χ0v) is 11.5. The number of H-pyrrole nitrogens is 1.